The second kappa shape index (κ2) is 10.4. The van der Waals surface area contributed by atoms with Crippen molar-refractivity contribution in [1.82, 2.24) is 34.2 Å². The number of rotatable bonds is 8. The van der Waals surface area contributed by atoms with Gasteiger partial charge in [0.25, 0.3) is 0 Å². The molecule has 0 spiro atoms. The number of imide groups is 1. The summed E-state index contributed by atoms with van der Waals surface area (Å²) in [6, 6.07) is 4.13. The molecular formula is C28H29FN10O3. The molecule has 0 bridgehead atoms. The number of nitrogens with zero attached hydrogens (tertiary/aromatic N) is 8. The number of anilines is 3. The fourth-order valence-electron chi connectivity index (χ4n) is 4.97. The van der Waals surface area contributed by atoms with Crippen molar-refractivity contribution in [1.29, 1.82) is 0 Å². The van der Waals surface area contributed by atoms with Crippen molar-refractivity contribution in [3.63, 3.8) is 0 Å². The summed E-state index contributed by atoms with van der Waals surface area (Å²) in [6.07, 6.45) is 5.77. The Morgan fingerprint density at radius 2 is 1.88 bits per heavy atom. The number of hydrogen-bond donors (Lipinski definition) is 2. The molecule has 6 rings (SSSR count). The van der Waals surface area contributed by atoms with E-state index in [2.05, 4.69) is 30.6 Å². The van der Waals surface area contributed by atoms with E-state index in [9.17, 15) is 18.8 Å². The number of halogens is 1. The first-order valence-electron chi connectivity index (χ1n) is 13.5. The van der Waals surface area contributed by atoms with Crippen LogP contribution in [-0.2, 0) is 9.59 Å². The Bertz CT molecular complexity index is 1720. The van der Waals surface area contributed by atoms with Crippen LogP contribution in [0.2, 0.25) is 0 Å². The summed E-state index contributed by atoms with van der Waals surface area (Å²) < 4.78 is 16.0. The monoisotopic (exact) mass is 572 g/mol. The van der Waals surface area contributed by atoms with Crippen LogP contribution in [0.5, 0.6) is 0 Å². The second-order valence-electron chi connectivity index (χ2n) is 10.6. The molecule has 4 atom stereocenters. The first-order valence-corrected chi connectivity index (χ1v) is 13.5. The summed E-state index contributed by atoms with van der Waals surface area (Å²) in [4.78, 5) is 61.9. The highest BCUT2D eigenvalue weighted by Gasteiger charge is 2.46. The number of aromatic nitrogens is 6. The highest BCUT2D eigenvalue weighted by atomic mass is 19.1. The molecule has 2 fully saturated rings. The van der Waals surface area contributed by atoms with Crippen LogP contribution in [-0.4, -0.2) is 65.7 Å². The molecule has 42 heavy (non-hydrogen) atoms. The molecule has 4 aromatic rings. The van der Waals surface area contributed by atoms with Gasteiger partial charge in [-0.1, -0.05) is 0 Å². The van der Waals surface area contributed by atoms with Gasteiger partial charge in [0, 0.05) is 54.8 Å². The maximum atomic E-state index is 14.4. The van der Waals surface area contributed by atoms with Crippen LogP contribution in [0.15, 0.2) is 43.1 Å². The number of amides is 4. The molecule has 4 aromatic heterocycles. The fraction of sp³-hybridized carbons (Fsp3) is 0.357. The average molecular weight is 573 g/mol. The van der Waals surface area contributed by atoms with E-state index in [0.717, 1.165) is 10.6 Å². The molecular weight excluding hydrogens is 543 g/mol. The van der Waals surface area contributed by atoms with Gasteiger partial charge in [0.1, 0.15) is 36.5 Å². The van der Waals surface area contributed by atoms with Crippen LogP contribution in [0.1, 0.15) is 61.2 Å². The van der Waals surface area contributed by atoms with Gasteiger partial charge in [-0.2, -0.15) is 0 Å². The zero-order chi connectivity index (χ0) is 29.7. The normalized spacial score (nSPS) is 19.7. The number of fused-ring (bicyclic) bond motifs is 1. The first kappa shape index (κ1) is 27.2. The molecule has 1 saturated heterocycles. The summed E-state index contributed by atoms with van der Waals surface area (Å²) in [7, 11) is 1.41. The van der Waals surface area contributed by atoms with E-state index in [4.69, 9.17) is 4.98 Å². The molecule has 14 heteroatoms. The van der Waals surface area contributed by atoms with Crippen LogP contribution in [0.4, 0.5) is 26.5 Å². The lowest BCUT2D eigenvalue weighted by Crippen LogP contribution is -2.30. The minimum Gasteiger partial charge on any atom is -0.362 e. The number of hydrogen-bond acceptors (Lipinski definition) is 9. The minimum atomic E-state index is -1.30. The number of pyridine rings is 1. The molecule has 2 N–H and O–H groups in total. The number of likely N-dealkylation sites (N-methyl/N-ethyl adjacent to an activating group) is 1. The zero-order valence-corrected chi connectivity index (χ0v) is 23.4. The molecule has 13 nitrogen and oxygen atoms in total. The molecule has 1 unspecified atom stereocenters. The van der Waals surface area contributed by atoms with E-state index in [-0.39, 0.29) is 36.2 Å². The van der Waals surface area contributed by atoms with Crippen LogP contribution in [0.3, 0.4) is 0 Å². The number of carbonyl (C=O) groups excluding carboxylic acids is 3. The van der Waals surface area contributed by atoms with Gasteiger partial charge in [0.2, 0.25) is 11.8 Å². The molecule has 1 aliphatic carbocycles. The van der Waals surface area contributed by atoms with Crippen molar-refractivity contribution in [2.75, 3.05) is 29.1 Å². The van der Waals surface area contributed by atoms with Gasteiger partial charge in [-0.05, 0) is 39.3 Å². The largest absolute Gasteiger partial charge is 0.362 e. The molecule has 1 aliphatic heterocycles. The predicted octanol–water partition coefficient (Wildman–Crippen LogP) is 3.57. The van der Waals surface area contributed by atoms with Crippen molar-refractivity contribution in [2.45, 2.75) is 45.3 Å². The third kappa shape index (κ3) is 5.10. The summed E-state index contributed by atoms with van der Waals surface area (Å²) in [5.74, 6) is 0.726. The van der Waals surface area contributed by atoms with Gasteiger partial charge in [-0.3, -0.25) is 19.4 Å². The lowest BCUT2D eigenvalue weighted by atomic mass is 10.2. The number of urea groups is 1. The third-order valence-electron chi connectivity index (χ3n) is 7.51. The molecule has 1 saturated carbocycles. The maximum Gasteiger partial charge on any atom is 0.331 e. The van der Waals surface area contributed by atoms with E-state index >= 15 is 0 Å². The summed E-state index contributed by atoms with van der Waals surface area (Å²) in [5, 5.41) is 6.10. The molecule has 2 aliphatic rings. The Morgan fingerprint density at radius 3 is 2.60 bits per heavy atom. The van der Waals surface area contributed by atoms with E-state index in [1.54, 1.807) is 35.1 Å². The number of aryl methyl sites for hydroxylation is 1. The van der Waals surface area contributed by atoms with Crippen molar-refractivity contribution in [3.05, 3.63) is 65.9 Å². The Morgan fingerprint density at radius 1 is 1.10 bits per heavy atom. The average Bonchev–Trinajstić information content (AvgIpc) is 3.58. The summed E-state index contributed by atoms with van der Waals surface area (Å²) >= 11 is 0. The van der Waals surface area contributed by atoms with E-state index < -0.39 is 12.2 Å². The lowest BCUT2D eigenvalue weighted by molar-refractivity contribution is -0.124. The molecule has 0 aromatic carbocycles. The quantitative estimate of drug-likeness (QED) is 0.302. The van der Waals surface area contributed by atoms with Crippen molar-refractivity contribution >= 4 is 40.8 Å². The van der Waals surface area contributed by atoms with Gasteiger partial charge >= 0.3 is 6.03 Å². The smallest absolute Gasteiger partial charge is 0.331 e. The predicted molar refractivity (Wildman–Crippen MR) is 151 cm³/mol. The van der Waals surface area contributed by atoms with Crippen molar-refractivity contribution in [2.24, 2.45) is 5.92 Å². The minimum absolute atomic E-state index is 0.0143. The summed E-state index contributed by atoms with van der Waals surface area (Å²) in [5.41, 5.74) is 2.55. The third-order valence-corrected chi connectivity index (χ3v) is 7.51. The standard InChI is InChI=1S/C28H29FN10O3/c1-14-5-6-30-25(33-14)18-8-19(18)27(41)36-23-9-22(31-13-32-23)34-16(3)20-11-38-10-17(15(2)29)7-21(26(38)35-20)39-12-24(40)37(4)28(39)42/h5-7,9-11,13,15-16,18-19H,8,12H2,1-4H3,(H2,31,32,34,36,41)/t15?,16-,18+,19+/m1/s1. The van der Waals surface area contributed by atoms with Crippen molar-refractivity contribution in [3.8, 4) is 0 Å². The lowest BCUT2D eigenvalue weighted by Gasteiger charge is -2.17. The Hall–Kier alpha value is -5.01. The zero-order valence-electron chi connectivity index (χ0n) is 23.4. The number of nitrogens with one attached hydrogen (secondary N) is 2. The summed E-state index contributed by atoms with van der Waals surface area (Å²) in [6.45, 7) is 5.01. The maximum absolute atomic E-state index is 14.4. The van der Waals surface area contributed by atoms with Crippen LogP contribution in [0, 0.1) is 12.8 Å². The van der Waals surface area contributed by atoms with Gasteiger partial charge in [0.15, 0.2) is 5.65 Å². The molecule has 0 radical (unpaired) electrons. The van der Waals surface area contributed by atoms with E-state index in [1.807, 2.05) is 19.9 Å². The van der Waals surface area contributed by atoms with Crippen LogP contribution >= 0.6 is 0 Å². The van der Waals surface area contributed by atoms with E-state index in [1.165, 1.54) is 25.2 Å². The van der Waals surface area contributed by atoms with Gasteiger partial charge < -0.3 is 15.0 Å². The Labute approximate surface area is 240 Å². The molecule has 4 amide bonds. The number of alkyl halides is 1. The fourth-order valence-corrected chi connectivity index (χ4v) is 4.97. The topological polar surface area (TPSA) is 151 Å². The highest BCUT2D eigenvalue weighted by Crippen LogP contribution is 2.46. The highest BCUT2D eigenvalue weighted by molar-refractivity contribution is 6.13. The number of carbonyl (C=O) groups is 3. The van der Waals surface area contributed by atoms with Crippen molar-refractivity contribution < 1.29 is 18.8 Å². The van der Waals surface area contributed by atoms with E-state index in [0.29, 0.717) is 46.5 Å². The van der Waals surface area contributed by atoms with Gasteiger partial charge in [0.05, 0.1) is 17.4 Å². The number of imidazole rings is 1. The molecule has 5 heterocycles. The van der Waals surface area contributed by atoms with Crippen LogP contribution < -0.4 is 15.5 Å². The van der Waals surface area contributed by atoms with Gasteiger partial charge in [-0.25, -0.2) is 34.1 Å². The SMILES string of the molecule is Cc1ccnc([C@H]2C[C@@H]2C(=O)Nc2cc(N[C@H](C)c3cn4cc(C(C)F)cc(N5CC(=O)N(C)C5=O)c4n3)ncn2)n1. The first-order chi connectivity index (χ1) is 20.1. The van der Waals surface area contributed by atoms with Crippen LogP contribution in [0.25, 0.3) is 5.65 Å². The van der Waals surface area contributed by atoms with Gasteiger partial charge in [-0.15, -0.1) is 0 Å². The Balaban J connectivity index is 1.19. The second-order valence-corrected chi connectivity index (χ2v) is 10.6. The molecule has 216 valence electrons. The Kier molecular flexibility index (Phi) is 6.75.